The quantitative estimate of drug-likeness (QED) is 0.665. The third-order valence-corrected chi connectivity index (χ3v) is 5.07. The summed E-state index contributed by atoms with van der Waals surface area (Å²) in [7, 11) is 0. The molecule has 0 aliphatic heterocycles. The number of nitrogens with one attached hydrogen (secondary N) is 1. The average molecular weight is 350 g/mol. The number of benzene rings is 1. The van der Waals surface area contributed by atoms with Gasteiger partial charge in [0.2, 0.25) is 5.44 Å². The molecule has 0 bridgehead atoms. The van der Waals surface area contributed by atoms with Crippen molar-refractivity contribution < 1.29 is 9.53 Å². The molecule has 0 saturated heterocycles. The lowest BCUT2D eigenvalue weighted by Gasteiger charge is -2.38. The molecule has 4 nitrogen and oxygen atoms in total. The lowest BCUT2D eigenvalue weighted by atomic mass is 9.77. The summed E-state index contributed by atoms with van der Waals surface area (Å²) < 4.78 is 5.87. The van der Waals surface area contributed by atoms with Crippen molar-refractivity contribution in [3.05, 3.63) is 36.0 Å². The number of aromatic nitrogens is 1. The maximum atomic E-state index is 12.5. The first-order chi connectivity index (χ1) is 12.1. The molecule has 1 aliphatic rings. The van der Waals surface area contributed by atoms with Crippen molar-refractivity contribution in [2.24, 2.45) is 0 Å². The second kappa shape index (κ2) is 7.09. The molecule has 0 spiro atoms. The summed E-state index contributed by atoms with van der Waals surface area (Å²) in [6, 6.07) is 7.34. The zero-order valence-electron chi connectivity index (χ0n) is 13.9. The predicted molar refractivity (Wildman–Crippen MR) is 101 cm³/mol. The molecule has 1 unspecified atom stereocenters. The Morgan fingerprint density at radius 3 is 2.80 bits per heavy atom. The Balaban J connectivity index is 1.77. The van der Waals surface area contributed by atoms with Crippen LogP contribution < -0.4 is 10.1 Å². The van der Waals surface area contributed by atoms with Crippen molar-refractivity contribution in [2.45, 2.75) is 30.2 Å². The molecule has 126 valence electrons. The minimum absolute atomic E-state index is 0.208. The van der Waals surface area contributed by atoms with E-state index < -0.39 is 11.0 Å². The highest BCUT2D eigenvalue weighted by molar-refractivity contribution is 7.99. The number of ether oxygens (including phenoxy) is 1. The van der Waals surface area contributed by atoms with E-state index in [-0.39, 0.29) is 5.91 Å². The van der Waals surface area contributed by atoms with Gasteiger partial charge in [-0.15, -0.1) is 24.6 Å². The fraction of sp³-hybridized carbons (Fsp3) is 0.300. The Morgan fingerprint density at radius 2 is 2.20 bits per heavy atom. The molecule has 1 aliphatic carbocycles. The number of thioether (sulfide) groups is 1. The Bertz CT molecular complexity index is 891. The maximum absolute atomic E-state index is 12.5. The van der Waals surface area contributed by atoms with Crippen LogP contribution in [0.5, 0.6) is 5.75 Å². The first-order valence-corrected chi connectivity index (χ1v) is 9.23. The second-order valence-corrected chi connectivity index (χ2v) is 6.88. The summed E-state index contributed by atoms with van der Waals surface area (Å²) in [5.74, 6) is 5.64. The van der Waals surface area contributed by atoms with Crippen LogP contribution in [0.2, 0.25) is 0 Å². The Kier molecular flexibility index (Phi) is 4.88. The maximum Gasteiger partial charge on any atom is 0.272 e. The molecule has 1 aromatic heterocycles. The number of amides is 1. The van der Waals surface area contributed by atoms with Gasteiger partial charge in [-0.25, -0.2) is 0 Å². The van der Waals surface area contributed by atoms with Crippen LogP contribution >= 0.6 is 11.8 Å². The van der Waals surface area contributed by atoms with E-state index in [1.807, 2.05) is 24.5 Å². The van der Waals surface area contributed by atoms with Crippen molar-refractivity contribution in [3.8, 4) is 30.4 Å². The first kappa shape index (κ1) is 17.2. The largest absolute Gasteiger partial charge is 0.470 e. The molecule has 1 aromatic carbocycles. The minimum Gasteiger partial charge on any atom is -0.470 e. The first-order valence-electron chi connectivity index (χ1n) is 7.95. The van der Waals surface area contributed by atoms with Crippen LogP contribution in [0, 0.1) is 24.7 Å². The van der Waals surface area contributed by atoms with Crippen LogP contribution in [-0.4, -0.2) is 28.1 Å². The summed E-state index contributed by atoms with van der Waals surface area (Å²) in [5.41, 5.74) is 0.331. The molecule has 0 radical (unpaired) electrons. The number of terminal acetylenes is 2. The third kappa shape index (κ3) is 3.57. The van der Waals surface area contributed by atoms with Gasteiger partial charge < -0.3 is 10.1 Å². The monoisotopic (exact) mass is 350 g/mol. The van der Waals surface area contributed by atoms with Crippen LogP contribution in [0.25, 0.3) is 10.9 Å². The number of fused-ring (bicyclic) bond motifs is 1. The Morgan fingerprint density at radius 1 is 1.40 bits per heavy atom. The molecular weight excluding hydrogens is 332 g/mol. The Labute approximate surface area is 151 Å². The Hall–Kier alpha value is -2.63. The van der Waals surface area contributed by atoms with E-state index in [9.17, 15) is 4.79 Å². The van der Waals surface area contributed by atoms with E-state index in [0.29, 0.717) is 11.3 Å². The van der Waals surface area contributed by atoms with E-state index in [4.69, 9.17) is 17.6 Å². The molecule has 1 heterocycles. The highest BCUT2D eigenvalue weighted by atomic mass is 32.2. The van der Waals surface area contributed by atoms with E-state index >= 15 is 0 Å². The van der Waals surface area contributed by atoms with Crippen LogP contribution in [0.15, 0.2) is 30.5 Å². The average Bonchev–Trinajstić information content (AvgIpc) is 2.61. The number of nitrogens with zero attached hydrogens (tertiary/aromatic N) is 1. The molecular formula is C20H18N2O2S. The van der Waals surface area contributed by atoms with Crippen molar-refractivity contribution in [3.63, 3.8) is 0 Å². The van der Waals surface area contributed by atoms with E-state index in [2.05, 4.69) is 22.1 Å². The fourth-order valence-electron chi connectivity index (χ4n) is 2.72. The third-order valence-electron chi connectivity index (χ3n) is 4.34. The van der Waals surface area contributed by atoms with Gasteiger partial charge in [0.05, 0.1) is 5.52 Å². The minimum atomic E-state index is -0.674. The summed E-state index contributed by atoms with van der Waals surface area (Å²) in [6.45, 7) is 0. The van der Waals surface area contributed by atoms with E-state index in [0.717, 1.165) is 30.2 Å². The molecule has 1 N–H and O–H groups in total. The zero-order chi connectivity index (χ0) is 17.9. The molecule has 2 aromatic rings. The van der Waals surface area contributed by atoms with Crippen LogP contribution in [0.1, 0.15) is 24.8 Å². The normalized spacial score (nSPS) is 16.1. The van der Waals surface area contributed by atoms with Gasteiger partial charge in [0.25, 0.3) is 5.91 Å². The van der Waals surface area contributed by atoms with Crippen molar-refractivity contribution in [1.29, 1.82) is 0 Å². The lowest BCUT2D eigenvalue weighted by molar-refractivity contribution is -0.126. The lowest BCUT2D eigenvalue weighted by Crippen LogP contribution is -2.55. The van der Waals surface area contributed by atoms with Crippen LogP contribution in [0.3, 0.4) is 0 Å². The number of rotatable bonds is 5. The molecule has 1 fully saturated rings. The highest BCUT2D eigenvalue weighted by Gasteiger charge is 2.38. The standard InChI is InChI=1S/C20H18N2O2S/c1-4-14-11-15-12-16(7-8-17(15)21-13-14)24-19(25-3)18(23)22-20(5-2)9-6-10-20/h1-2,7-8,11-13,19H,6,9-10H2,3H3,(H,22,23). The van der Waals surface area contributed by atoms with Gasteiger partial charge >= 0.3 is 0 Å². The fourth-order valence-corrected chi connectivity index (χ4v) is 3.21. The van der Waals surface area contributed by atoms with E-state index in [1.165, 1.54) is 11.8 Å². The SMILES string of the molecule is C#Cc1cnc2ccc(OC(SC)C(=O)NC3(C#C)CCC3)cc2c1. The van der Waals surface area contributed by atoms with Gasteiger partial charge in [0.15, 0.2) is 0 Å². The van der Waals surface area contributed by atoms with Gasteiger partial charge in [-0.2, -0.15) is 0 Å². The number of hydrogen-bond acceptors (Lipinski definition) is 4. The van der Waals surface area contributed by atoms with Crippen LogP contribution in [-0.2, 0) is 4.79 Å². The highest BCUT2D eigenvalue weighted by Crippen LogP contribution is 2.31. The molecule has 1 saturated carbocycles. The summed E-state index contributed by atoms with van der Waals surface area (Å²) >= 11 is 1.32. The van der Waals surface area contributed by atoms with Crippen molar-refractivity contribution in [1.82, 2.24) is 10.3 Å². The summed E-state index contributed by atoms with van der Waals surface area (Å²) in [4.78, 5) is 16.8. The molecule has 5 heteroatoms. The van der Waals surface area contributed by atoms with Gasteiger partial charge in [-0.1, -0.05) is 11.8 Å². The number of carbonyl (C=O) groups excluding carboxylic acids is 1. The molecule has 3 rings (SSSR count). The van der Waals surface area contributed by atoms with Gasteiger partial charge in [0.1, 0.15) is 11.3 Å². The molecule has 1 amide bonds. The van der Waals surface area contributed by atoms with Crippen LogP contribution in [0.4, 0.5) is 0 Å². The van der Waals surface area contributed by atoms with Gasteiger partial charge in [-0.05, 0) is 49.8 Å². The zero-order valence-corrected chi connectivity index (χ0v) is 14.7. The number of pyridine rings is 1. The number of carbonyl (C=O) groups is 1. The molecule has 1 atom stereocenters. The van der Waals surface area contributed by atoms with Crippen molar-refractivity contribution in [2.75, 3.05) is 6.26 Å². The smallest absolute Gasteiger partial charge is 0.272 e. The van der Waals surface area contributed by atoms with Gasteiger partial charge in [-0.3, -0.25) is 9.78 Å². The summed E-state index contributed by atoms with van der Waals surface area (Å²) in [6.07, 6.45) is 17.1. The summed E-state index contributed by atoms with van der Waals surface area (Å²) in [5, 5.41) is 3.81. The molecule has 25 heavy (non-hydrogen) atoms. The number of hydrogen-bond donors (Lipinski definition) is 1. The van der Waals surface area contributed by atoms with Crippen molar-refractivity contribution >= 4 is 28.6 Å². The van der Waals surface area contributed by atoms with E-state index in [1.54, 1.807) is 12.3 Å². The topological polar surface area (TPSA) is 51.2 Å². The second-order valence-electron chi connectivity index (χ2n) is 5.98. The van der Waals surface area contributed by atoms with Gasteiger partial charge in [0, 0.05) is 17.1 Å². The predicted octanol–water partition coefficient (Wildman–Crippen LogP) is 2.96.